The van der Waals surface area contributed by atoms with E-state index in [-0.39, 0.29) is 0 Å². The van der Waals surface area contributed by atoms with Crippen molar-refractivity contribution in [2.45, 2.75) is 57.9 Å². The summed E-state index contributed by atoms with van der Waals surface area (Å²) in [4.78, 5) is 4.34. The molecule has 2 N–H and O–H groups in total. The Morgan fingerprint density at radius 2 is 2.05 bits per heavy atom. The highest BCUT2D eigenvalue weighted by Crippen LogP contribution is 2.48. The number of aliphatic imine (C=N–C) groups is 1. The van der Waals surface area contributed by atoms with Crippen molar-refractivity contribution in [2.75, 3.05) is 26.8 Å². The summed E-state index contributed by atoms with van der Waals surface area (Å²) in [6.45, 7) is 4.82. The van der Waals surface area contributed by atoms with Crippen LogP contribution in [0, 0.1) is 5.41 Å². The Morgan fingerprint density at radius 1 is 1.32 bits per heavy atom. The van der Waals surface area contributed by atoms with E-state index in [0.717, 1.165) is 25.7 Å². The van der Waals surface area contributed by atoms with Gasteiger partial charge < -0.3 is 15.4 Å². The largest absolute Gasteiger partial charge is 0.382 e. The molecule has 0 radical (unpaired) electrons. The zero-order valence-corrected chi connectivity index (χ0v) is 12.5. The maximum atomic E-state index is 5.48. The van der Waals surface area contributed by atoms with Crippen molar-refractivity contribution >= 4 is 5.96 Å². The summed E-state index contributed by atoms with van der Waals surface area (Å²) in [5.74, 6) is 0.981. The van der Waals surface area contributed by atoms with Crippen LogP contribution in [0.2, 0.25) is 0 Å². The van der Waals surface area contributed by atoms with E-state index in [1.807, 2.05) is 7.05 Å². The van der Waals surface area contributed by atoms with Crippen LogP contribution >= 0.6 is 0 Å². The van der Waals surface area contributed by atoms with Crippen LogP contribution in [0.25, 0.3) is 0 Å². The lowest BCUT2D eigenvalue weighted by molar-refractivity contribution is 0.128. The number of hydrogen-bond acceptors (Lipinski definition) is 2. The van der Waals surface area contributed by atoms with Gasteiger partial charge in [-0.05, 0) is 44.4 Å². The smallest absolute Gasteiger partial charge is 0.191 e. The molecule has 0 unspecified atom stereocenters. The van der Waals surface area contributed by atoms with Crippen molar-refractivity contribution in [3.63, 3.8) is 0 Å². The summed E-state index contributed by atoms with van der Waals surface area (Å²) in [5, 5.41) is 7.05. The fourth-order valence-electron chi connectivity index (χ4n) is 2.85. The predicted octanol–water partition coefficient (Wildman–Crippen LogP) is 2.30. The molecule has 4 heteroatoms. The predicted molar refractivity (Wildman–Crippen MR) is 79.5 cm³/mol. The Hall–Kier alpha value is -0.770. The van der Waals surface area contributed by atoms with Crippen molar-refractivity contribution in [1.29, 1.82) is 0 Å². The molecule has 0 heterocycles. The van der Waals surface area contributed by atoms with Crippen LogP contribution in [-0.4, -0.2) is 38.8 Å². The fraction of sp³-hybridized carbons (Fsp3) is 0.933. The highest BCUT2D eigenvalue weighted by atomic mass is 16.5. The number of rotatable bonds is 7. The first kappa shape index (κ1) is 14.6. The van der Waals surface area contributed by atoms with E-state index in [1.165, 1.54) is 44.9 Å². The van der Waals surface area contributed by atoms with Gasteiger partial charge in [0.25, 0.3) is 0 Å². The molecule has 0 aromatic carbocycles. The van der Waals surface area contributed by atoms with Crippen LogP contribution in [0.15, 0.2) is 4.99 Å². The Bertz CT molecular complexity index is 294. The molecule has 2 aliphatic carbocycles. The third kappa shape index (κ3) is 4.68. The topological polar surface area (TPSA) is 45.6 Å². The summed E-state index contributed by atoms with van der Waals surface area (Å²) >= 11 is 0. The van der Waals surface area contributed by atoms with Crippen LogP contribution in [0.4, 0.5) is 0 Å². The zero-order valence-electron chi connectivity index (χ0n) is 12.5. The van der Waals surface area contributed by atoms with E-state index in [4.69, 9.17) is 4.74 Å². The van der Waals surface area contributed by atoms with Gasteiger partial charge in [-0.1, -0.05) is 12.8 Å². The monoisotopic (exact) mass is 267 g/mol. The van der Waals surface area contributed by atoms with Crippen molar-refractivity contribution in [2.24, 2.45) is 10.4 Å². The van der Waals surface area contributed by atoms with Gasteiger partial charge in [0.15, 0.2) is 5.96 Å². The number of nitrogens with zero attached hydrogens (tertiary/aromatic N) is 1. The molecule has 0 aromatic rings. The summed E-state index contributed by atoms with van der Waals surface area (Å²) in [5.41, 5.74) is 0.475. The van der Waals surface area contributed by atoms with E-state index in [2.05, 4.69) is 22.5 Å². The second-order valence-corrected chi connectivity index (χ2v) is 6.00. The third-order valence-corrected chi connectivity index (χ3v) is 4.49. The van der Waals surface area contributed by atoms with Crippen molar-refractivity contribution in [3.05, 3.63) is 0 Å². The van der Waals surface area contributed by atoms with E-state index in [1.54, 1.807) is 0 Å². The average Bonchev–Trinajstić information content (AvgIpc) is 3.00. The first-order valence-electron chi connectivity index (χ1n) is 7.83. The summed E-state index contributed by atoms with van der Waals surface area (Å²) in [6, 6.07) is 0.629. The van der Waals surface area contributed by atoms with Gasteiger partial charge in [-0.25, -0.2) is 0 Å². The molecule has 2 saturated carbocycles. The Labute approximate surface area is 117 Å². The second kappa shape index (κ2) is 7.13. The quantitative estimate of drug-likeness (QED) is 0.423. The molecule has 2 fully saturated rings. The highest BCUT2D eigenvalue weighted by molar-refractivity contribution is 5.80. The van der Waals surface area contributed by atoms with Gasteiger partial charge in [-0.15, -0.1) is 0 Å². The minimum atomic E-state index is 0.475. The molecule has 2 rings (SSSR count). The minimum absolute atomic E-state index is 0.475. The van der Waals surface area contributed by atoms with Crippen LogP contribution in [0.1, 0.15) is 51.9 Å². The second-order valence-electron chi connectivity index (χ2n) is 6.00. The van der Waals surface area contributed by atoms with E-state index in [9.17, 15) is 0 Å². The number of hydrogen-bond donors (Lipinski definition) is 2. The maximum absolute atomic E-state index is 5.48. The average molecular weight is 267 g/mol. The van der Waals surface area contributed by atoms with Crippen molar-refractivity contribution < 1.29 is 4.74 Å². The highest BCUT2D eigenvalue weighted by Gasteiger charge is 2.42. The summed E-state index contributed by atoms with van der Waals surface area (Å²) in [7, 11) is 1.87. The Balaban J connectivity index is 1.67. The van der Waals surface area contributed by atoms with Gasteiger partial charge in [0.2, 0.25) is 0 Å². The molecular formula is C15H29N3O. The summed E-state index contributed by atoms with van der Waals surface area (Å²) in [6.07, 6.45) is 9.11. The van der Waals surface area contributed by atoms with Gasteiger partial charge in [0.1, 0.15) is 0 Å². The molecular weight excluding hydrogens is 238 g/mol. The van der Waals surface area contributed by atoms with Gasteiger partial charge in [-0.3, -0.25) is 4.99 Å². The number of ether oxygens (including phenoxy) is 1. The van der Waals surface area contributed by atoms with Crippen LogP contribution < -0.4 is 10.6 Å². The lowest BCUT2D eigenvalue weighted by atomic mass is 10.0. The van der Waals surface area contributed by atoms with Crippen LogP contribution in [0.5, 0.6) is 0 Å². The Kier molecular flexibility index (Phi) is 5.49. The van der Waals surface area contributed by atoms with Gasteiger partial charge in [0, 0.05) is 32.8 Å². The molecule has 0 aliphatic heterocycles. The van der Waals surface area contributed by atoms with Gasteiger partial charge in [-0.2, -0.15) is 0 Å². The molecule has 0 bridgehead atoms. The minimum Gasteiger partial charge on any atom is -0.382 e. The number of nitrogens with one attached hydrogen (secondary N) is 2. The molecule has 0 saturated heterocycles. The van der Waals surface area contributed by atoms with Gasteiger partial charge >= 0.3 is 0 Å². The molecule has 0 atom stereocenters. The van der Waals surface area contributed by atoms with E-state index in [0.29, 0.717) is 11.5 Å². The molecule has 19 heavy (non-hydrogen) atoms. The lowest BCUT2D eigenvalue weighted by Gasteiger charge is -2.20. The lowest BCUT2D eigenvalue weighted by Crippen LogP contribution is -2.44. The normalized spacial score (nSPS) is 22.5. The van der Waals surface area contributed by atoms with Gasteiger partial charge in [0.05, 0.1) is 0 Å². The zero-order chi connectivity index (χ0) is 13.6. The number of guanidine groups is 1. The van der Waals surface area contributed by atoms with E-state index >= 15 is 0 Å². The third-order valence-electron chi connectivity index (χ3n) is 4.49. The fourth-order valence-corrected chi connectivity index (χ4v) is 2.85. The SMILES string of the molecule is CCOCCC1(CNC(=NC)NC2CCCC2)CC1. The summed E-state index contributed by atoms with van der Waals surface area (Å²) < 4.78 is 5.48. The first-order chi connectivity index (χ1) is 9.28. The van der Waals surface area contributed by atoms with Crippen molar-refractivity contribution in [1.82, 2.24) is 10.6 Å². The standard InChI is InChI=1S/C15H29N3O/c1-3-19-11-10-15(8-9-15)12-17-14(16-2)18-13-6-4-5-7-13/h13H,3-12H2,1-2H3,(H2,16,17,18). The molecule has 0 aromatic heterocycles. The molecule has 110 valence electrons. The molecule has 2 aliphatic rings. The maximum Gasteiger partial charge on any atom is 0.191 e. The van der Waals surface area contributed by atoms with Crippen LogP contribution in [-0.2, 0) is 4.74 Å². The van der Waals surface area contributed by atoms with Crippen molar-refractivity contribution in [3.8, 4) is 0 Å². The Morgan fingerprint density at radius 3 is 2.63 bits per heavy atom. The van der Waals surface area contributed by atoms with E-state index < -0.39 is 0 Å². The molecule has 0 spiro atoms. The molecule has 0 amide bonds. The molecule has 4 nitrogen and oxygen atoms in total. The first-order valence-corrected chi connectivity index (χ1v) is 7.83. The van der Waals surface area contributed by atoms with Crippen LogP contribution in [0.3, 0.4) is 0 Å².